The van der Waals surface area contributed by atoms with Crippen molar-refractivity contribution < 1.29 is 4.79 Å². The van der Waals surface area contributed by atoms with Crippen molar-refractivity contribution in [2.75, 3.05) is 6.54 Å². The number of aromatic nitrogens is 5. The molecule has 0 bridgehead atoms. The Kier molecular flexibility index (Phi) is 5.23. The Morgan fingerprint density at radius 1 is 1.24 bits per heavy atom. The number of H-pyrrole nitrogens is 1. The number of carbonyl (C=O) groups is 1. The fraction of sp³-hybridized carbons (Fsp3) is 0.333. The maximum atomic E-state index is 12.2. The molecular formula is C18H22N6O. The van der Waals surface area contributed by atoms with Crippen LogP contribution in [0.2, 0.25) is 0 Å². The van der Waals surface area contributed by atoms with E-state index in [9.17, 15) is 4.79 Å². The van der Waals surface area contributed by atoms with Crippen LogP contribution in [-0.2, 0) is 6.54 Å². The lowest BCUT2D eigenvalue weighted by atomic mass is 10.2. The van der Waals surface area contributed by atoms with E-state index in [4.69, 9.17) is 0 Å². The van der Waals surface area contributed by atoms with Gasteiger partial charge in [0.2, 0.25) is 0 Å². The van der Waals surface area contributed by atoms with Crippen LogP contribution in [0.5, 0.6) is 0 Å². The van der Waals surface area contributed by atoms with Gasteiger partial charge in [0.15, 0.2) is 0 Å². The van der Waals surface area contributed by atoms with Crippen LogP contribution in [0.15, 0.2) is 43.0 Å². The number of imidazole rings is 1. The zero-order valence-electron chi connectivity index (χ0n) is 14.4. The minimum absolute atomic E-state index is 0.113. The Morgan fingerprint density at radius 3 is 2.80 bits per heavy atom. The van der Waals surface area contributed by atoms with E-state index < -0.39 is 0 Å². The lowest BCUT2D eigenvalue weighted by Crippen LogP contribution is -2.25. The van der Waals surface area contributed by atoms with Crippen molar-refractivity contribution >= 4 is 5.91 Å². The number of rotatable bonds is 7. The van der Waals surface area contributed by atoms with Crippen LogP contribution in [0.1, 0.15) is 42.4 Å². The molecule has 0 saturated carbocycles. The number of nitrogens with zero attached hydrogens (tertiary/aromatic N) is 4. The van der Waals surface area contributed by atoms with Crippen molar-refractivity contribution in [2.24, 2.45) is 0 Å². The van der Waals surface area contributed by atoms with Crippen molar-refractivity contribution in [1.29, 1.82) is 0 Å². The highest BCUT2D eigenvalue weighted by Gasteiger charge is 2.09. The van der Waals surface area contributed by atoms with Crippen LogP contribution in [0.3, 0.4) is 0 Å². The molecule has 0 fully saturated rings. The normalized spacial score (nSPS) is 11.0. The van der Waals surface area contributed by atoms with Crippen LogP contribution in [-0.4, -0.2) is 37.2 Å². The van der Waals surface area contributed by atoms with Gasteiger partial charge in [0.1, 0.15) is 5.82 Å². The Morgan fingerprint density at radius 2 is 2.12 bits per heavy atom. The largest absolute Gasteiger partial charge is 0.352 e. The molecule has 0 spiro atoms. The Labute approximate surface area is 146 Å². The van der Waals surface area contributed by atoms with Gasteiger partial charge in [-0.1, -0.05) is 13.8 Å². The lowest BCUT2D eigenvalue weighted by molar-refractivity contribution is 0.0952. The van der Waals surface area contributed by atoms with Crippen LogP contribution in [0.25, 0.3) is 11.4 Å². The van der Waals surface area contributed by atoms with Gasteiger partial charge >= 0.3 is 0 Å². The van der Waals surface area contributed by atoms with Crippen LogP contribution in [0.4, 0.5) is 0 Å². The van der Waals surface area contributed by atoms with Gasteiger partial charge in [0, 0.05) is 43.8 Å². The Balaban J connectivity index is 1.48. The van der Waals surface area contributed by atoms with E-state index in [0.29, 0.717) is 18.0 Å². The molecule has 0 aliphatic rings. The van der Waals surface area contributed by atoms with Crippen LogP contribution >= 0.6 is 0 Å². The Hall–Kier alpha value is -2.96. The van der Waals surface area contributed by atoms with Crippen LogP contribution < -0.4 is 5.32 Å². The summed E-state index contributed by atoms with van der Waals surface area (Å²) >= 11 is 0. The van der Waals surface area contributed by atoms with E-state index >= 15 is 0 Å². The monoisotopic (exact) mass is 338 g/mol. The summed E-state index contributed by atoms with van der Waals surface area (Å²) in [5, 5.41) is 9.67. The topological polar surface area (TPSA) is 88.5 Å². The van der Waals surface area contributed by atoms with E-state index in [0.717, 1.165) is 30.2 Å². The molecule has 0 aliphatic carbocycles. The average Bonchev–Trinajstić information content (AvgIpc) is 3.30. The third-order valence-corrected chi connectivity index (χ3v) is 3.93. The number of aromatic amines is 1. The summed E-state index contributed by atoms with van der Waals surface area (Å²) in [4.78, 5) is 20.9. The van der Waals surface area contributed by atoms with Crippen LogP contribution in [0, 0.1) is 0 Å². The summed E-state index contributed by atoms with van der Waals surface area (Å²) in [6.45, 7) is 5.70. The summed E-state index contributed by atoms with van der Waals surface area (Å²) in [5.74, 6) is 1.35. The minimum Gasteiger partial charge on any atom is -0.352 e. The summed E-state index contributed by atoms with van der Waals surface area (Å²) in [6, 6.07) is 5.41. The van der Waals surface area contributed by atoms with Crippen molar-refractivity contribution in [3.05, 3.63) is 54.4 Å². The quantitative estimate of drug-likeness (QED) is 0.648. The second-order valence-electron chi connectivity index (χ2n) is 6.15. The molecule has 0 aliphatic heterocycles. The molecule has 3 rings (SSSR count). The van der Waals surface area contributed by atoms with Crippen molar-refractivity contribution in [2.45, 2.75) is 32.7 Å². The standard InChI is InChI=1S/C18H22N6O/c1-13(2)17-19-9-11-24(17)10-3-7-20-18(25)14-4-5-15(21-12-14)16-6-8-22-23-16/h4-6,8-9,11-13H,3,7,10H2,1-2H3,(H,20,25)(H,22,23). The second kappa shape index (κ2) is 7.74. The highest BCUT2D eigenvalue weighted by Crippen LogP contribution is 2.13. The number of nitrogens with one attached hydrogen (secondary N) is 2. The molecule has 0 unspecified atom stereocenters. The highest BCUT2D eigenvalue weighted by molar-refractivity contribution is 5.94. The molecule has 0 saturated heterocycles. The molecule has 7 heteroatoms. The number of hydrogen-bond acceptors (Lipinski definition) is 4. The SMILES string of the molecule is CC(C)c1nccn1CCCNC(=O)c1ccc(-c2ccn[nH]2)nc1. The predicted molar refractivity (Wildman–Crippen MR) is 95.1 cm³/mol. The molecule has 25 heavy (non-hydrogen) atoms. The van der Waals surface area contributed by atoms with E-state index in [-0.39, 0.29) is 5.91 Å². The van der Waals surface area contributed by atoms with E-state index in [1.54, 1.807) is 18.5 Å². The molecule has 3 aromatic heterocycles. The highest BCUT2D eigenvalue weighted by atomic mass is 16.1. The number of amides is 1. The van der Waals surface area contributed by atoms with Gasteiger partial charge in [0.05, 0.1) is 17.0 Å². The van der Waals surface area contributed by atoms with Gasteiger partial charge in [-0.3, -0.25) is 14.9 Å². The number of hydrogen-bond donors (Lipinski definition) is 2. The summed E-state index contributed by atoms with van der Waals surface area (Å²) < 4.78 is 2.14. The van der Waals surface area contributed by atoms with E-state index in [1.165, 1.54) is 0 Å². The molecular weight excluding hydrogens is 316 g/mol. The first kappa shape index (κ1) is 16.9. The third kappa shape index (κ3) is 4.12. The zero-order chi connectivity index (χ0) is 17.6. The van der Waals surface area contributed by atoms with Crippen molar-refractivity contribution in [3.63, 3.8) is 0 Å². The van der Waals surface area contributed by atoms with Gasteiger partial charge in [-0.25, -0.2) is 4.98 Å². The molecule has 0 atom stereocenters. The first-order valence-corrected chi connectivity index (χ1v) is 8.40. The van der Waals surface area contributed by atoms with Gasteiger partial charge in [-0.05, 0) is 24.6 Å². The van der Waals surface area contributed by atoms with Gasteiger partial charge in [0.25, 0.3) is 5.91 Å². The van der Waals surface area contributed by atoms with E-state index in [1.807, 2.05) is 24.5 Å². The molecule has 0 aromatic carbocycles. The fourth-order valence-corrected chi connectivity index (χ4v) is 2.65. The lowest BCUT2D eigenvalue weighted by Gasteiger charge is -2.10. The third-order valence-electron chi connectivity index (χ3n) is 3.93. The van der Waals surface area contributed by atoms with E-state index in [2.05, 4.69) is 43.9 Å². The summed E-state index contributed by atoms with van der Waals surface area (Å²) in [7, 11) is 0. The number of aryl methyl sites for hydroxylation is 1. The van der Waals surface area contributed by atoms with Gasteiger partial charge in [-0.2, -0.15) is 5.10 Å². The van der Waals surface area contributed by atoms with Gasteiger partial charge < -0.3 is 9.88 Å². The maximum absolute atomic E-state index is 12.2. The first-order chi connectivity index (χ1) is 12.1. The maximum Gasteiger partial charge on any atom is 0.252 e. The van der Waals surface area contributed by atoms with Crippen molar-refractivity contribution in [3.8, 4) is 11.4 Å². The average molecular weight is 338 g/mol. The molecule has 130 valence electrons. The predicted octanol–water partition coefficient (Wildman–Crippen LogP) is 2.61. The molecule has 0 radical (unpaired) electrons. The zero-order valence-corrected chi connectivity index (χ0v) is 14.4. The van der Waals surface area contributed by atoms with Crippen molar-refractivity contribution in [1.82, 2.24) is 30.0 Å². The number of carbonyl (C=O) groups excluding carboxylic acids is 1. The summed E-state index contributed by atoms with van der Waals surface area (Å²) in [5.41, 5.74) is 2.14. The minimum atomic E-state index is -0.113. The summed E-state index contributed by atoms with van der Waals surface area (Å²) in [6.07, 6.45) is 7.90. The molecule has 7 nitrogen and oxygen atoms in total. The Bertz CT molecular complexity index is 804. The first-order valence-electron chi connectivity index (χ1n) is 8.40. The molecule has 3 heterocycles. The smallest absolute Gasteiger partial charge is 0.252 e. The fourth-order valence-electron chi connectivity index (χ4n) is 2.65. The number of pyridine rings is 1. The second-order valence-corrected chi connectivity index (χ2v) is 6.15. The van der Waals surface area contributed by atoms with Gasteiger partial charge in [-0.15, -0.1) is 0 Å². The molecule has 2 N–H and O–H groups in total. The molecule has 3 aromatic rings. The molecule has 1 amide bonds.